The van der Waals surface area contributed by atoms with Crippen LogP contribution in [-0.4, -0.2) is 29.9 Å². The van der Waals surface area contributed by atoms with Crippen molar-refractivity contribution in [3.63, 3.8) is 0 Å². The minimum absolute atomic E-state index is 0.257. The lowest BCUT2D eigenvalue weighted by atomic mass is 9.93. The van der Waals surface area contributed by atoms with Crippen LogP contribution in [0.25, 0.3) is 0 Å². The van der Waals surface area contributed by atoms with E-state index in [-0.39, 0.29) is 11.3 Å². The van der Waals surface area contributed by atoms with Crippen molar-refractivity contribution in [2.24, 2.45) is 5.41 Å². The van der Waals surface area contributed by atoms with Gasteiger partial charge in [-0.15, -0.1) is 0 Å². The van der Waals surface area contributed by atoms with Crippen LogP contribution in [0.3, 0.4) is 0 Å². The Morgan fingerprint density at radius 1 is 1.29 bits per heavy atom. The number of piperidine rings is 1. The van der Waals surface area contributed by atoms with Crippen LogP contribution in [0, 0.1) is 5.41 Å². The van der Waals surface area contributed by atoms with Crippen LogP contribution in [0.15, 0.2) is 24.3 Å². The lowest BCUT2D eigenvalue weighted by molar-refractivity contribution is -0.140. The number of carbonyl (C=O) groups is 1. The van der Waals surface area contributed by atoms with Gasteiger partial charge in [-0.25, -0.2) is 0 Å². The van der Waals surface area contributed by atoms with E-state index in [0.29, 0.717) is 6.04 Å². The predicted octanol–water partition coefficient (Wildman–Crippen LogP) is 3.47. The van der Waals surface area contributed by atoms with Gasteiger partial charge in [-0.1, -0.05) is 50.6 Å². The monoisotopic (exact) mass is 308 g/mol. The summed E-state index contributed by atoms with van der Waals surface area (Å²) >= 11 is 6.16. The Kier molecular flexibility index (Phi) is 5.28. The lowest BCUT2D eigenvalue weighted by Crippen LogP contribution is -2.48. The van der Waals surface area contributed by atoms with E-state index in [1.54, 1.807) is 0 Å². The number of nitrogens with zero attached hydrogens (tertiary/aromatic N) is 1. The Hall–Kier alpha value is -1.06. The number of benzene rings is 1. The Bertz CT molecular complexity index is 488. The molecule has 4 heteroatoms. The highest BCUT2D eigenvalue weighted by molar-refractivity contribution is 6.31. The Morgan fingerprint density at radius 2 is 1.90 bits per heavy atom. The Morgan fingerprint density at radius 3 is 2.48 bits per heavy atom. The zero-order chi connectivity index (χ0) is 15.5. The van der Waals surface area contributed by atoms with Crippen molar-refractivity contribution in [1.82, 2.24) is 10.2 Å². The second-order valence-electron chi connectivity index (χ2n) is 6.79. The molecule has 0 radical (unpaired) electrons. The van der Waals surface area contributed by atoms with Crippen molar-refractivity contribution in [3.8, 4) is 0 Å². The third-order valence-electron chi connectivity index (χ3n) is 3.96. The van der Waals surface area contributed by atoms with Crippen molar-refractivity contribution in [3.05, 3.63) is 34.9 Å². The van der Waals surface area contributed by atoms with Gasteiger partial charge in [0.25, 0.3) is 0 Å². The van der Waals surface area contributed by atoms with Crippen molar-refractivity contribution in [1.29, 1.82) is 0 Å². The SMILES string of the molecule is CC(C)(C)C(=O)N1CCC(NCc2ccccc2Cl)CC1. The largest absolute Gasteiger partial charge is 0.342 e. The molecule has 0 spiro atoms. The van der Waals surface area contributed by atoms with E-state index >= 15 is 0 Å². The number of nitrogens with one attached hydrogen (secondary N) is 1. The van der Waals surface area contributed by atoms with Crippen LogP contribution in [0.4, 0.5) is 0 Å². The molecule has 3 nitrogen and oxygen atoms in total. The highest BCUT2D eigenvalue weighted by atomic mass is 35.5. The first-order valence-electron chi connectivity index (χ1n) is 7.64. The summed E-state index contributed by atoms with van der Waals surface area (Å²) in [5.74, 6) is 0.257. The fourth-order valence-corrected chi connectivity index (χ4v) is 2.86. The summed E-state index contributed by atoms with van der Waals surface area (Å²) in [6, 6.07) is 8.39. The molecule has 21 heavy (non-hydrogen) atoms. The molecule has 2 rings (SSSR count). The van der Waals surface area contributed by atoms with Crippen LogP contribution in [0.1, 0.15) is 39.2 Å². The van der Waals surface area contributed by atoms with Crippen LogP contribution in [0.5, 0.6) is 0 Å². The van der Waals surface area contributed by atoms with Gasteiger partial charge in [0.2, 0.25) is 5.91 Å². The van der Waals surface area contributed by atoms with Crippen molar-refractivity contribution < 1.29 is 4.79 Å². The number of hydrogen-bond donors (Lipinski definition) is 1. The molecule has 1 aliphatic heterocycles. The smallest absolute Gasteiger partial charge is 0.227 e. The molecule has 0 atom stereocenters. The maximum Gasteiger partial charge on any atom is 0.227 e. The number of rotatable bonds is 3. The van der Waals surface area contributed by atoms with Gasteiger partial charge in [-0.2, -0.15) is 0 Å². The summed E-state index contributed by atoms with van der Waals surface area (Å²) in [6.07, 6.45) is 2.01. The predicted molar refractivity (Wildman–Crippen MR) is 87.3 cm³/mol. The van der Waals surface area contributed by atoms with Gasteiger partial charge in [0.1, 0.15) is 0 Å². The minimum atomic E-state index is -0.280. The highest BCUT2D eigenvalue weighted by Crippen LogP contribution is 2.21. The quantitative estimate of drug-likeness (QED) is 0.927. The summed E-state index contributed by atoms with van der Waals surface area (Å²) in [4.78, 5) is 14.2. The fraction of sp³-hybridized carbons (Fsp3) is 0.588. The van der Waals surface area contributed by atoms with E-state index < -0.39 is 0 Å². The van der Waals surface area contributed by atoms with Crippen LogP contribution in [0.2, 0.25) is 5.02 Å². The van der Waals surface area contributed by atoms with Gasteiger partial charge in [-0.3, -0.25) is 4.79 Å². The highest BCUT2D eigenvalue weighted by Gasteiger charge is 2.30. The van der Waals surface area contributed by atoms with E-state index in [9.17, 15) is 4.79 Å². The molecule has 0 aromatic heterocycles. The molecular formula is C17H25ClN2O. The van der Waals surface area contributed by atoms with Gasteiger partial charge in [-0.05, 0) is 24.5 Å². The summed E-state index contributed by atoms with van der Waals surface area (Å²) in [5, 5.41) is 4.37. The summed E-state index contributed by atoms with van der Waals surface area (Å²) in [7, 11) is 0. The van der Waals surface area contributed by atoms with Crippen molar-refractivity contribution in [2.75, 3.05) is 13.1 Å². The summed E-state index contributed by atoms with van der Waals surface area (Å²) in [5.41, 5.74) is 0.852. The summed E-state index contributed by atoms with van der Waals surface area (Å²) < 4.78 is 0. The van der Waals surface area contributed by atoms with Crippen LogP contribution < -0.4 is 5.32 Å². The van der Waals surface area contributed by atoms with Gasteiger partial charge in [0.05, 0.1) is 0 Å². The van der Waals surface area contributed by atoms with E-state index in [2.05, 4.69) is 5.32 Å². The average molecular weight is 309 g/mol. The van der Waals surface area contributed by atoms with Gasteiger partial charge in [0.15, 0.2) is 0 Å². The Labute approximate surface area is 132 Å². The fourth-order valence-electron chi connectivity index (χ4n) is 2.66. The molecule has 1 saturated heterocycles. The molecular weight excluding hydrogens is 284 g/mol. The van der Waals surface area contributed by atoms with Crippen molar-refractivity contribution >= 4 is 17.5 Å². The van der Waals surface area contributed by atoms with Crippen LogP contribution in [-0.2, 0) is 11.3 Å². The molecule has 1 aromatic rings. The minimum Gasteiger partial charge on any atom is -0.342 e. The molecule has 0 aliphatic carbocycles. The first-order valence-corrected chi connectivity index (χ1v) is 8.02. The van der Waals surface area contributed by atoms with Gasteiger partial charge >= 0.3 is 0 Å². The summed E-state index contributed by atoms with van der Waals surface area (Å²) in [6.45, 7) is 8.43. The number of likely N-dealkylation sites (tertiary alicyclic amines) is 1. The molecule has 116 valence electrons. The molecule has 1 fully saturated rings. The molecule has 1 heterocycles. The van der Waals surface area contributed by atoms with Gasteiger partial charge < -0.3 is 10.2 Å². The second kappa shape index (κ2) is 6.80. The molecule has 1 N–H and O–H groups in total. The number of amides is 1. The lowest BCUT2D eigenvalue weighted by Gasteiger charge is -2.36. The normalized spacial score (nSPS) is 17.0. The second-order valence-corrected chi connectivity index (χ2v) is 7.20. The van der Waals surface area contributed by atoms with Crippen LogP contribution >= 0.6 is 11.6 Å². The zero-order valence-corrected chi connectivity index (χ0v) is 13.9. The van der Waals surface area contributed by atoms with E-state index in [1.807, 2.05) is 49.9 Å². The first-order chi connectivity index (χ1) is 9.88. The standard InChI is InChI=1S/C17H25ClN2O/c1-17(2,3)16(21)20-10-8-14(9-11-20)19-12-13-6-4-5-7-15(13)18/h4-7,14,19H,8-12H2,1-3H3. The molecule has 0 saturated carbocycles. The number of hydrogen-bond acceptors (Lipinski definition) is 2. The molecule has 1 aliphatic rings. The van der Waals surface area contributed by atoms with E-state index in [4.69, 9.17) is 11.6 Å². The van der Waals surface area contributed by atoms with Gasteiger partial charge in [0, 0.05) is 36.1 Å². The maximum absolute atomic E-state index is 12.2. The van der Waals surface area contributed by atoms with Crippen molar-refractivity contribution in [2.45, 2.75) is 46.2 Å². The molecule has 0 bridgehead atoms. The molecule has 1 amide bonds. The molecule has 0 unspecified atom stereocenters. The average Bonchev–Trinajstić information content (AvgIpc) is 2.45. The third kappa shape index (κ3) is 4.45. The zero-order valence-electron chi connectivity index (χ0n) is 13.2. The third-order valence-corrected chi connectivity index (χ3v) is 4.33. The maximum atomic E-state index is 12.2. The number of carbonyl (C=O) groups excluding carboxylic acids is 1. The molecule has 1 aromatic carbocycles. The Balaban J connectivity index is 1.80. The van der Waals surface area contributed by atoms with E-state index in [0.717, 1.165) is 43.1 Å². The number of halogens is 1. The first kappa shape index (κ1) is 16.3. The topological polar surface area (TPSA) is 32.3 Å². The van der Waals surface area contributed by atoms with E-state index in [1.165, 1.54) is 0 Å².